The van der Waals surface area contributed by atoms with Crippen molar-refractivity contribution in [2.75, 3.05) is 29.5 Å². The fourth-order valence-electron chi connectivity index (χ4n) is 1.42. The Morgan fingerprint density at radius 2 is 1.54 bits per heavy atom. The Balaban J connectivity index is 2.06. The lowest BCUT2D eigenvalue weighted by Crippen LogP contribution is -2.26. The van der Waals surface area contributed by atoms with Gasteiger partial charge < -0.3 is 4.90 Å². The minimum atomic E-state index is 1.18. The monoisotopic (exact) mass is 211 g/mol. The molecule has 0 spiro atoms. The van der Waals surface area contributed by atoms with Gasteiger partial charge in [-0.1, -0.05) is 39.8 Å². The normalized spacial score (nSPS) is 18.3. The Morgan fingerprint density at radius 3 is 2.15 bits per heavy atom. The lowest BCUT2D eigenvalue weighted by Gasteiger charge is -2.21. The van der Waals surface area contributed by atoms with Crippen molar-refractivity contribution in [2.45, 2.75) is 0 Å². The molecule has 1 fully saturated rings. The van der Waals surface area contributed by atoms with E-state index in [4.69, 9.17) is 0 Å². The van der Waals surface area contributed by atoms with Crippen molar-refractivity contribution in [2.24, 2.45) is 0 Å². The van der Waals surface area contributed by atoms with Gasteiger partial charge in [0, 0.05) is 30.3 Å². The highest BCUT2D eigenvalue weighted by molar-refractivity contribution is 8.76. The van der Waals surface area contributed by atoms with Crippen LogP contribution in [0.3, 0.4) is 0 Å². The molecular weight excluding hydrogens is 198 g/mol. The minimum absolute atomic E-state index is 1.18. The van der Waals surface area contributed by atoms with Gasteiger partial charge in [-0.2, -0.15) is 0 Å². The summed E-state index contributed by atoms with van der Waals surface area (Å²) in [5.41, 5.74) is 1.37. The first-order valence-corrected chi connectivity index (χ1v) is 7.00. The molecular formula is C10H13NS2. The summed E-state index contributed by atoms with van der Waals surface area (Å²) in [5.74, 6) is 2.47. The Bertz CT molecular complexity index is 242. The number of rotatable bonds is 1. The van der Waals surface area contributed by atoms with Gasteiger partial charge >= 0.3 is 0 Å². The van der Waals surface area contributed by atoms with E-state index in [2.05, 4.69) is 35.2 Å². The molecule has 1 aliphatic rings. The van der Waals surface area contributed by atoms with Crippen molar-refractivity contribution in [1.82, 2.24) is 0 Å². The van der Waals surface area contributed by atoms with Crippen LogP contribution in [0.1, 0.15) is 0 Å². The van der Waals surface area contributed by atoms with Crippen LogP contribution in [0.15, 0.2) is 30.3 Å². The van der Waals surface area contributed by atoms with Crippen LogP contribution in [0.2, 0.25) is 0 Å². The van der Waals surface area contributed by atoms with E-state index in [9.17, 15) is 0 Å². The topological polar surface area (TPSA) is 3.24 Å². The summed E-state index contributed by atoms with van der Waals surface area (Å²) in [6, 6.07) is 10.7. The predicted octanol–water partition coefficient (Wildman–Crippen LogP) is 2.89. The first-order valence-electron chi connectivity index (χ1n) is 4.51. The molecule has 0 amide bonds. The second kappa shape index (κ2) is 4.82. The number of para-hydroxylation sites is 1. The maximum Gasteiger partial charge on any atom is 0.0366 e. The van der Waals surface area contributed by atoms with Gasteiger partial charge in [0.05, 0.1) is 0 Å². The summed E-state index contributed by atoms with van der Waals surface area (Å²) >= 11 is 0. The summed E-state index contributed by atoms with van der Waals surface area (Å²) in [5, 5.41) is 0. The summed E-state index contributed by atoms with van der Waals surface area (Å²) in [6.45, 7) is 2.36. The van der Waals surface area contributed by atoms with Gasteiger partial charge in [0.1, 0.15) is 0 Å². The third-order valence-electron chi connectivity index (χ3n) is 2.09. The van der Waals surface area contributed by atoms with Gasteiger partial charge in [0.15, 0.2) is 0 Å². The summed E-state index contributed by atoms with van der Waals surface area (Å²) in [6.07, 6.45) is 0. The Morgan fingerprint density at radius 1 is 0.923 bits per heavy atom. The zero-order chi connectivity index (χ0) is 8.93. The number of anilines is 1. The predicted molar refractivity (Wildman–Crippen MR) is 63.6 cm³/mol. The van der Waals surface area contributed by atoms with E-state index in [0.29, 0.717) is 0 Å². The SMILES string of the molecule is c1ccc(N2CCSSCC2)cc1. The molecule has 13 heavy (non-hydrogen) atoms. The van der Waals surface area contributed by atoms with Crippen LogP contribution >= 0.6 is 21.6 Å². The molecule has 1 saturated heterocycles. The molecule has 1 aliphatic heterocycles. The highest BCUT2D eigenvalue weighted by Crippen LogP contribution is 2.26. The smallest absolute Gasteiger partial charge is 0.0366 e. The van der Waals surface area contributed by atoms with E-state index in [-0.39, 0.29) is 0 Å². The van der Waals surface area contributed by atoms with E-state index in [1.807, 2.05) is 21.6 Å². The van der Waals surface area contributed by atoms with Crippen LogP contribution in [0.4, 0.5) is 5.69 Å². The molecule has 0 atom stereocenters. The second-order valence-corrected chi connectivity index (χ2v) is 5.67. The minimum Gasteiger partial charge on any atom is -0.370 e. The van der Waals surface area contributed by atoms with Crippen molar-refractivity contribution in [3.63, 3.8) is 0 Å². The molecule has 0 aromatic heterocycles. The third kappa shape index (κ3) is 2.58. The number of benzene rings is 1. The largest absolute Gasteiger partial charge is 0.370 e. The summed E-state index contributed by atoms with van der Waals surface area (Å²) in [4.78, 5) is 2.47. The fraction of sp³-hybridized carbons (Fsp3) is 0.400. The van der Waals surface area contributed by atoms with Crippen molar-refractivity contribution in [3.05, 3.63) is 30.3 Å². The zero-order valence-electron chi connectivity index (χ0n) is 7.48. The van der Waals surface area contributed by atoms with E-state index in [1.165, 1.54) is 30.3 Å². The number of hydrogen-bond acceptors (Lipinski definition) is 3. The molecule has 70 valence electrons. The Hall–Kier alpha value is -0.280. The molecule has 0 saturated carbocycles. The average molecular weight is 211 g/mol. The maximum atomic E-state index is 2.47. The molecule has 1 nitrogen and oxygen atoms in total. The van der Waals surface area contributed by atoms with Crippen LogP contribution in [-0.4, -0.2) is 24.6 Å². The number of nitrogens with zero attached hydrogens (tertiary/aromatic N) is 1. The van der Waals surface area contributed by atoms with Gasteiger partial charge in [-0.25, -0.2) is 0 Å². The third-order valence-corrected chi connectivity index (χ3v) is 4.46. The summed E-state index contributed by atoms with van der Waals surface area (Å²) in [7, 11) is 3.98. The van der Waals surface area contributed by atoms with Gasteiger partial charge in [0.25, 0.3) is 0 Å². The van der Waals surface area contributed by atoms with Crippen molar-refractivity contribution < 1.29 is 0 Å². The average Bonchev–Trinajstić information content (AvgIpc) is 2.47. The molecule has 0 bridgehead atoms. The number of hydrogen-bond donors (Lipinski definition) is 0. The van der Waals surface area contributed by atoms with E-state index in [1.54, 1.807) is 0 Å². The van der Waals surface area contributed by atoms with E-state index >= 15 is 0 Å². The molecule has 1 aromatic carbocycles. The first-order chi connectivity index (χ1) is 6.47. The lowest BCUT2D eigenvalue weighted by atomic mass is 10.3. The molecule has 1 aromatic rings. The van der Waals surface area contributed by atoms with Crippen LogP contribution in [-0.2, 0) is 0 Å². The highest BCUT2D eigenvalue weighted by Gasteiger charge is 2.08. The quantitative estimate of drug-likeness (QED) is 0.658. The van der Waals surface area contributed by atoms with Gasteiger partial charge in [0.2, 0.25) is 0 Å². The van der Waals surface area contributed by atoms with Crippen LogP contribution in [0, 0.1) is 0 Å². The van der Waals surface area contributed by atoms with E-state index in [0.717, 1.165) is 0 Å². The zero-order valence-corrected chi connectivity index (χ0v) is 9.11. The second-order valence-electron chi connectivity index (χ2n) is 2.97. The first kappa shape index (κ1) is 9.28. The summed E-state index contributed by atoms with van der Waals surface area (Å²) < 4.78 is 0. The molecule has 0 N–H and O–H groups in total. The van der Waals surface area contributed by atoms with Crippen molar-refractivity contribution in [3.8, 4) is 0 Å². The van der Waals surface area contributed by atoms with E-state index < -0.39 is 0 Å². The van der Waals surface area contributed by atoms with Crippen LogP contribution in [0.25, 0.3) is 0 Å². The molecule has 1 heterocycles. The molecule has 0 radical (unpaired) electrons. The standard InChI is InChI=1S/C10H13NS2/c1-2-4-10(5-3-1)11-6-8-12-13-9-7-11/h1-5H,6-9H2. The molecule has 3 heteroatoms. The van der Waals surface area contributed by atoms with Crippen molar-refractivity contribution >= 4 is 27.3 Å². The Kier molecular flexibility index (Phi) is 3.44. The Labute approximate surface area is 87.3 Å². The van der Waals surface area contributed by atoms with Gasteiger partial charge in [-0.15, -0.1) is 0 Å². The van der Waals surface area contributed by atoms with Crippen molar-refractivity contribution in [1.29, 1.82) is 0 Å². The molecule has 0 aliphatic carbocycles. The molecule has 0 unspecified atom stereocenters. The van der Waals surface area contributed by atoms with Crippen LogP contribution in [0.5, 0.6) is 0 Å². The van der Waals surface area contributed by atoms with Gasteiger partial charge in [-0.05, 0) is 12.1 Å². The highest BCUT2D eigenvalue weighted by atomic mass is 33.1. The maximum absolute atomic E-state index is 2.47. The lowest BCUT2D eigenvalue weighted by molar-refractivity contribution is 0.884. The van der Waals surface area contributed by atoms with Crippen LogP contribution < -0.4 is 4.90 Å². The molecule has 2 rings (SSSR count). The fourth-order valence-corrected chi connectivity index (χ4v) is 3.40. The van der Waals surface area contributed by atoms with Gasteiger partial charge in [-0.3, -0.25) is 0 Å².